The van der Waals surface area contributed by atoms with Crippen LogP contribution in [0.2, 0.25) is 0 Å². The largest absolute Gasteiger partial charge is 0.498 e. The van der Waals surface area contributed by atoms with Crippen molar-refractivity contribution in [1.29, 1.82) is 0 Å². The Morgan fingerprint density at radius 3 is 2.50 bits per heavy atom. The molecule has 0 spiro atoms. The highest BCUT2D eigenvalue weighted by Gasteiger charge is 2.52. The lowest BCUT2D eigenvalue weighted by Gasteiger charge is -2.55. The van der Waals surface area contributed by atoms with E-state index in [4.69, 9.17) is 4.74 Å². The van der Waals surface area contributed by atoms with Gasteiger partial charge in [0.2, 0.25) is 0 Å². The molecule has 5 rings (SSSR count). The van der Waals surface area contributed by atoms with E-state index < -0.39 is 0 Å². The second-order valence-electron chi connectivity index (χ2n) is 3.92. The first-order valence-electron chi connectivity index (χ1n) is 4.21. The molecular formula is C9H12O. The van der Waals surface area contributed by atoms with Crippen LogP contribution in [0.1, 0.15) is 19.8 Å². The first-order valence-corrected chi connectivity index (χ1v) is 4.21. The zero-order chi connectivity index (χ0) is 6.72. The van der Waals surface area contributed by atoms with Gasteiger partial charge in [0.25, 0.3) is 0 Å². The third kappa shape index (κ3) is 0.396. The summed E-state index contributed by atoms with van der Waals surface area (Å²) in [4.78, 5) is 0. The van der Waals surface area contributed by atoms with Crippen LogP contribution < -0.4 is 0 Å². The molecule has 0 aromatic heterocycles. The van der Waals surface area contributed by atoms with E-state index in [1.807, 2.05) is 6.26 Å². The Morgan fingerprint density at radius 1 is 1.40 bits per heavy atom. The molecule has 0 aromatic carbocycles. The van der Waals surface area contributed by atoms with E-state index in [1.165, 1.54) is 12.8 Å². The van der Waals surface area contributed by atoms with Crippen LogP contribution >= 0.6 is 0 Å². The predicted octanol–water partition coefficient (Wildman–Crippen LogP) is 1.95. The van der Waals surface area contributed by atoms with Crippen LogP contribution in [0.3, 0.4) is 0 Å². The van der Waals surface area contributed by atoms with E-state index in [2.05, 4.69) is 6.92 Å². The maximum absolute atomic E-state index is 5.46. The van der Waals surface area contributed by atoms with Crippen molar-refractivity contribution < 1.29 is 4.74 Å². The van der Waals surface area contributed by atoms with Gasteiger partial charge in [-0.3, -0.25) is 0 Å². The maximum atomic E-state index is 5.46. The monoisotopic (exact) mass is 136 g/mol. The zero-order valence-corrected chi connectivity index (χ0v) is 6.21. The number of rotatable bonds is 0. The minimum atomic E-state index is 0.587. The highest BCUT2D eigenvalue weighted by molar-refractivity contribution is 5.27. The smallest absolute Gasteiger partial charge is 0.0990 e. The molecule has 2 atom stereocenters. The molecule has 1 nitrogen and oxygen atoms in total. The SMILES string of the molecule is CC1C2CC3CC1C2=CO3. The topological polar surface area (TPSA) is 9.23 Å². The van der Waals surface area contributed by atoms with E-state index in [0.29, 0.717) is 6.10 Å². The highest BCUT2D eigenvalue weighted by Crippen LogP contribution is 2.57. The lowest BCUT2D eigenvalue weighted by atomic mass is 9.53. The van der Waals surface area contributed by atoms with Crippen molar-refractivity contribution >= 4 is 0 Å². The molecule has 0 N–H and O–H groups in total. The summed E-state index contributed by atoms with van der Waals surface area (Å²) in [5.74, 6) is 2.79. The van der Waals surface area contributed by atoms with E-state index in [1.54, 1.807) is 5.57 Å². The van der Waals surface area contributed by atoms with Crippen molar-refractivity contribution in [3.05, 3.63) is 11.8 Å². The summed E-state index contributed by atoms with van der Waals surface area (Å²) in [7, 11) is 0. The average Bonchev–Trinajstić information content (AvgIpc) is 2.05. The third-order valence-electron chi connectivity index (χ3n) is 3.56. The molecule has 0 saturated heterocycles. The molecule has 0 amide bonds. The Balaban J connectivity index is 2.04. The van der Waals surface area contributed by atoms with Gasteiger partial charge in [0, 0.05) is 0 Å². The van der Waals surface area contributed by atoms with Crippen LogP contribution in [0, 0.1) is 17.8 Å². The zero-order valence-electron chi connectivity index (χ0n) is 6.21. The fourth-order valence-electron chi connectivity index (χ4n) is 2.87. The van der Waals surface area contributed by atoms with Crippen molar-refractivity contribution in [3.8, 4) is 0 Å². The Labute approximate surface area is 61.1 Å². The van der Waals surface area contributed by atoms with Crippen molar-refractivity contribution in [1.82, 2.24) is 0 Å². The maximum Gasteiger partial charge on any atom is 0.0990 e. The summed E-state index contributed by atoms with van der Waals surface area (Å²) in [5, 5.41) is 0. The quantitative estimate of drug-likeness (QED) is 0.494. The summed E-state index contributed by atoms with van der Waals surface area (Å²) >= 11 is 0. The Bertz CT molecular complexity index is 191. The predicted molar refractivity (Wildman–Crippen MR) is 38.3 cm³/mol. The molecule has 2 unspecified atom stereocenters. The van der Waals surface area contributed by atoms with Crippen LogP contribution in [-0.4, -0.2) is 6.10 Å². The number of allylic oxidation sites excluding steroid dienone is 1. The van der Waals surface area contributed by atoms with Crippen molar-refractivity contribution in [2.45, 2.75) is 25.9 Å². The third-order valence-corrected chi connectivity index (χ3v) is 3.56. The molecule has 0 aromatic rings. The number of hydrogen-bond donors (Lipinski definition) is 0. The van der Waals surface area contributed by atoms with E-state index >= 15 is 0 Å². The van der Waals surface area contributed by atoms with E-state index in [0.717, 1.165) is 17.8 Å². The molecule has 5 aliphatic rings. The molecule has 3 aliphatic carbocycles. The Hall–Kier alpha value is -0.460. The molecule has 1 heteroatoms. The van der Waals surface area contributed by atoms with Gasteiger partial charge in [0.1, 0.15) is 0 Å². The molecule has 2 aliphatic heterocycles. The molecule has 54 valence electrons. The van der Waals surface area contributed by atoms with Crippen molar-refractivity contribution in [2.24, 2.45) is 17.8 Å². The van der Waals surface area contributed by atoms with E-state index in [9.17, 15) is 0 Å². The summed E-state index contributed by atoms with van der Waals surface area (Å²) in [6, 6.07) is 0. The van der Waals surface area contributed by atoms with Crippen LogP contribution in [0.4, 0.5) is 0 Å². The number of hydrogen-bond acceptors (Lipinski definition) is 1. The first-order chi connectivity index (χ1) is 4.86. The highest BCUT2D eigenvalue weighted by atomic mass is 16.5. The molecule has 3 saturated carbocycles. The minimum Gasteiger partial charge on any atom is -0.498 e. The van der Waals surface area contributed by atoms with E-state index in [-0.39, 0.29) is 0 Å². The van der Waals surface area contributed by atoms with Crippen LogP contribution in [-0.2, 0) is 4.74 Å². The molecule has 10 heavy (non-hydrogen) atoms. The Kier molecular flexibility index (Phi) is 0.738. The minimum absolute atomic E-state index is 0.587. The van der Waals surface area contributed by atoms with Crippen molar-refractivity contribution in [2.75, 3.05) is 0 Å². The molecule has 0 radical (unpaired) electrons. The number of ether oxygens (including phenoxy) is 1. The van der Waals surface area contributed by atoms with Gasteiger partial charge in [-0.2, -0.15) is 0 Å². The summed E-state index contributed by atoms with van der Waals surface area (Å²) in [6.07, 6.45) is 5.24. The second kappa shape index (κ2) is 1.41. The molecule has 2 heterocycles. The van der Waals surface area contributed by atoms with Gasteiger partial charge in [-0.05, 0) is 36.2 Å². The van der Waals surface area contributed by atoms with Gasteiger partial charge < -0.3 is 4.74 Å². The van der Waals surface area contributed by atoms with Gasteiger partial charge in [0.05, 0.1) is 12.4 Å². The normalized spacial score (nSPS) is 55.1. The molecule has 4 bridgehead atoms. The summed E-state index contributed by atoms with van der Waals surface area (Å²) < 4.78 is 5.46. The molecule has 3 fully saturated rings. The van der Waals surface area contributed by atoms with Gasteiger partial charge in [0.15, 0.2) is 0 Å². The first kappa shape index (κ1) is 5.22. The summed E-state index contributed by atoms with van der Waals surface area (Å²) in [5.41, 5.74) is 1.62. The summed E-state index contributed by atoms with van der Waals surface area (Å²) in [6.45, 7) is 2.38. The lowest BCUT2D eigenvalue weighted by Crippen LogP contribution is -2.50. The van der Waals surface area contributed by atoms with Gasteiger partial charge >= 0.3 is 0 Å². The fourth-order valence-corrected chi connectivity index (χ4v) is 2.87. The van der Waals surface area contributed by atoms with Gasteiger partial charge in [-0.25, -0.2) is 0 Å². The van der Waals surface area contributed by atoms with Crippen LogP contribution in [0.15, 0.2) is 11.8 Å². The van der Waals surface area contributed by atoms with Gasteiger partial charge in [-0.15, -0.1) is 0 Å². The number of fused-ring (bicyclic) bond motifs is 1. The molecular weight excluding hydrogens is 124 g/mol. The van der Waals surface area contributed by atoms with Crippen molar-refractivity contribution in [3.63, 3.8) is 0 Å². The van der Waals surface area contributed by atoms with Crippen LogP contribution in [0.25, 0.3) is 0 Å². The standard InChI is InChI=1S/C9H12O/c1-5-7-2-6-3-8(5)9(7)4-10-6/h4-8H,2-3H2,1H3. The van der Waals surface area contributed by atoms with Crippen LogP contribution in [0.5, 0.6) is 0 Å². The second-order valence-corrected chi connectivity index (χ2v) is 3.92. The Morgan fingerprint density at radius 2 is 2.10 bits per heavy atom. The fraction of sp³-hybridized carbons (Fsp3) is 0.778. The average molecular weight is 136 g/mol. The van der Waals surface area contributed by atoms with Gasteiger partial charge in [-0.1, -0.05) is 6.92 Å². The lowest BCUT2D eigenvalue weighted by molar-refractivity contribution is -0.0441.